The lowest BCUT2D eigenvalue weighted by molar-refractivity contribution is 0.371. The van der Waals surface area contributed by atoms with Crippen molar-refractivity contribution in [2.75, 3.05) is 38.6 Å². The number of nitrogens with zero attached hydrogens (tertiary/aromatic N) is 3. The maximum absolute atomic E-state index is 5.55. The van der Waals surface area contributed by atoms with Gasteiger partial charge in [0.2, 0.25) is 0 Å². The molecule has 1 unspecified atom stereocenters. The van der Waals surface area contributed by atoms with Crippen LogP contribution in [0.5, 0.6) is 0 Å². The minimum Gasteiger partial charge on any atom is -0.352 e. The van der Waals surface area contributed by atoms with E-state index in [0.29, 0.717) is 12.6 Å². The average molecular weight is 248 g/mol. The SMILES string of the molecule is CN(C)CC1CCCN1c1ccc(CCN)cn1. The molecule has 1 aromatic rings. The van der Waals surface area contributed by atoms with Crippen molar-refractivity contribution in [3.63, 3.8) is 0 Å². The molecule has 0 spiro atoms. The van der Waals surface area contributed by atoms with Gasteiger partial charge in [0.15, 0.2) is 0 Å². The third kappa shape index (κ3) is 3.21. The molecule has 0 amide bonds. The van der Waals surface area contributed by atoms with Crippen molar-refractivity contribution in [1.29, 1.82) is 0 Å². The standard InChI is InChI=1S/C14H24N4/c1-17(2)11-13-4-3-9-18(13)14-6-5-12(7-8-15)10-16-14/h5-6,10,13H,3-4,7-9,11,15H2,1-2H3. The maximum atomic E-state index is 5.55. The van der Waals surface area contributed by atoms with E-state index in [-0.39, 0.29) is 0 Å². The predicted molar refractivity (Wildman–Crippen MR) is 75.9 cm³/mol. The van der Waals surface area contributed by atoms with Crippen molar-refractivity contribution in [2.24, 2.45) is 5.73 Å². The number of likely N-dealkylation sites (N-methyl/N-ethyl adjacent to an activating group) is 1. The Morgan fingerprint density at radius 1 is 1.44 bits per heavy atom. The van der Waals surface area contributed by atoms with E-state index in [0.717, 1.165) is 25.3 Å². The Morgan fingerprint density at radius 3 is 2.89 bits per heavy atom. The fourth-order valence-electron chi connectivity index (χ4n) is 2.65. The molecule has 1 aliphatic heterocycles. The first-order valence-corrected chi connectivity index (χ1v) is 6.77. The molecule has 1 fully saturated rings. The van der Waals surface area contributed by atoms with Crippen LogP contribution in [-0.2, 0) is 6.42 Å². The molecule has 0 bridgehead atoms. The first-order valence-electron chi connectivity index (χ1n) is 6.77. The summed E-state index contributed by atoms with van der Waals surface area (Å²) in [6.07, 6.45) is 5.41. The molecule has 2 N–H and O–H groups in total. The van der Waals surface area contributed by atoms with Gasteiger partial charge in [0.1, 0.15) is 5.82 Å². The van der Waals surface area contributed by atoms with Crippen LogP contribution in [0.15, 0.2) is 18.3 Å². The van der Waals surface area contributed by atoms with Crippen LogP contribution in [0.4, 0.5) is 5.82 Å². The number of hydrogen-bond acceptors (Lipinski definition) is 4. The average Bonchev–Trinajstić information content (AvgIpc) is 2.78. The third-order valence-electron chi connectivity index (χ3n) is 3.49. The molecule has 1 aromatic heterocycles. The van der Waals surface area contributed by atoms with Crippen molar-refractivity contribution >= 4 is 5.82 Å². The smallest absolute Gasteiger partial charge is 0.128 e. The molecule has 18 heavy (non-hydrogen) atoms. The molecular weight excluding hydrogens is 224 g/mol. The van der Waals surface area contributed by atoms with Gasteiger partial charge < -0.3 is 15.5 Å². The molecule has 1 atom stereocenters. The minimum absolute atomic E-state index is 0.604. The first-order chi connectivity index (χ1) is 8.70. The number of pyridine rings is 1. The monoisotopic (exact) mass is 248 g/mol. The van der Waals surface area contributed by atoms with Gasteiger partial charge in [-0.15, -0.1) is 0 Å². The fraction of sp³-hybridized carbons (Fsp3) is 0.643. The van der Waals surface area contributed by atoms with Crippen LogP contribution in [0.1, 0.15) is 18.4 Å². The van der Waals surface area contributed by atoms with Gasteiger partial charge in [0, 0.05) is 25.3 Å². The number of aromatic nitrogens is 1. The summed E-state index contributed by atoms with van der Waals surface area (Å²) in [6, 6.07) is 4.90. The molecule has 0 aromatic carbocycles. The summed E-state index contributed by atoms with van der Waals surface area (Å²) in [5.74, 6) is 1.11. The summed E-state index contributed by atoms with van der Waals surface area (Å²) in [5, 5.41) is 0. The van der Waals surface area contributed by atoms with Gasteiger partial charge in [-0.1, -0.05) is 6.07 Å². The van der Waals surface area contributed by atoms with Crippen molar-refractivity contribution in [3.05, 3.63) is 23.9 Å². The molecule has 100 valence electrons. The summed E-state index contributed by atoms with van der Waals surface area (Å²) >= 11 is 0. The lowest BCUT2D eigenvalue weighted by Gasteiger charge is -2.28. The van der Waals surface area contributed by atoms with Crippen LogP contribution in [-0.4, -0.2) is 49.7 Å². The van der Waals surface area contributed by atoms with E-state index < -0.39 is 0 Å². The summed E-state index contributed by atoms with van der Waals surface area (Å²) in [6.45, 7) is 2.92. The van der Waals surface area contributed by atoms with Gasteiger partial charge in [-0.05, 0) is 51.5 Å². The predicted octanol–water partition coefficient (Wildman–Crippen LogP) is 1.11. The number of rotatable bonds is 5. The van der Waals surface area contributed by atoms with Crippen LogP contribution < -0.4 is 10.6 Å². The normalized spacial score (nSPS) is 19.8. The van der Waals surface area contributed by atoms with Crippen LogP contribution in [0.3, 0.4) is 0 Å². The molecule has 2 rings (SSSR count). The zero-order chi connectivity index (χ0) is 13.0. The zero-order valence-corrected chi connectivity index (χ0v) is 11.5. The number of anilines is 1. The second-order valence-corrected chi connectivity index (χ2v) is 5.32. The molecule has 2 heterocycles. The number of hydrogen-bond donors (Lipinski definition) is 1. The third-order valence-corrected chi connectivity index (χ3v) is 3.49. The highest BCUT2D eigenvalue weighted by molar-refractivity contribution is 5.42. The van der Waals surface area contributed by atoms with E-state index in [4.69, 9.17) is 5.73 Å². The quantitative estimate of drug-likeness (QED) is 0.848. The molecule has 1 saturated heterocycles. The van der Waals surface area contributed by atoms with Crippen molar-refractivity contribution < 1.29 is 0 Å². The van der Waals surface area contributed by atoms with Gasteiger partial charge in [-0.2, -0.15) is 0 Å². The zero-order valence-electron chi connectivity index (χ0n) is 11.5. The summed E-state index contributed by atoms with van der Waals surface area (Å²) < 4.78 is 0. The molecule has 0 radical (unpaired) electrons. The summed E-state index contributed by atoms with van der Waals surface area (Å²) in [5.41, 5.74) is 6.78. The van der Waals surface area contributed by atoms with Crippen LogP contribution in [0.2, 0.25) is 0 Å². The lowest BCUT2D eigenvalue weighted by atomic mass is 10.2. The Labute approximate surface area is 110 Å². The van der Waals surface area contributed by atoms with E-state index in [2.05, 4.69) is 41.0 Å². The molecule has 0 aliphatic carbocycles. The largest absolute Gasteiger partial charge is 0.352 e. The fourth-order valence-corrected chi connectivity index (χ4v) is 2.65. The molecular formula is C14H24N4. The lowest BCUT2D eigenvalue weighted by Crippen LogP contribution is -2.37. The van der Waals surface area contributed by atoms with Gasteiger partial charge in [-0.3, -0.25) is 0 Å². The van der Waals surface area contributed by atoms with Crippen LogP contribution >= 0.6 is 0 Å². The van der Waals surface area contributed by atoms with Crippen molar-refractivity contribution in [3.8, 4) is 0 Å². The van der Waals surface area contributed by atoms with E-state index in [9.17, 15) is 0 Å². The minimum atomic E-state index is 0.604. The number of nitrogens with two attached hydrogens (primary N) is 1. The molecule has 0 saturated carbocycles. The highest BCUT2D eigenvalue weighted by Crippen LogP contribution is 2.24. The second-order valence-electron chi connectivity index (χ2n) is 5.32. The Morgan fingerprint density at radius 2 is 2.28 bits per heavy atom. The second kappa shape index (κ2) is 6.16. The van der Waals surface area contributed by atoms with Crippen LogP contribution in [0, 0.1) is 0 Å². The molecule has 4 heteroatoms. The molecule has 4 nitrogen and oxygen atoms in total. The van der Waals surface area contributed by atoms with Gasteiger partial charge in [-0.25, -0.2) is 4.98 Å². The Bertz CT molecular complexity index is 361. The highest BCUT2D eigenvalue weighted by Gasteiger charge is 2.25. The van der Waals surface area contributed by atoms with Gasteiger partial charge in [0.05, 0.1) is 0 Å². The van der Waals surface area contributed by atoms with E-state index >= 15 is 0 Å². The maximum Gasteiger partial charge on any atom is 0.128 e. The Hall–Kier alpha value is -1.13. The van der Waals surface area contributed by atoms with Crippen molar-refractivity contribution in [1.82, 2.24) is 9.88 Å². The Kier molecular flexibility index (Phi) is 4.55. The van der Waals surface area contributed by atoms with E-state index in [1.165, 1.54) is 18.4 Å². The van der Waals surface area contributed by atoms with Gasteiger partial charge >= 0.3 is 0 Å². The first kappa shape index (κ1) is 13.3. The van der Waals surface area contributed by atoms with E-state index in [1.54, 1.807) is 0 Å². The molecule has 1 aliphatic rings. The van der Waals surface area contributed by atoms with Crippen molar-refractivity contribution in [2.45, 2.75) is 25.3 Å². The van der Waals surface area contributed by atoms with Crippen LogP contribution in [0.25, 0.3) is 0 Å². The summed E-state index contributed by atoms with van der Waals surface area (Å²) in [7, 11) is 4.27. The van der Waals surface area contributed by atoms with Gasteiger partial charge in [0.25, 0.3) is 0 Å². The Balaban J connectivity index is 2.05. The topological polar surface area (TPSA) is 45.4 Å². The summed E-state index contributed by atoms with van der Waals surface area (Å²) in [4.78, 5) is 9.28. The highest BCUT2D eigenvalue weighted by atomic mass is 15.3. The van der Waals surface area contributed by atoms with E-state index in [1.807, 2.05) is 6.20 Å².